The number of carbonyl (C=O) groups excluding carboxylic acids is 1. The van der Waals surface area contributed by atoms with Crippen LogP contribution in [0.4, 0.5) is 0 Å². The fourth-order valence-electron chi connectivity index (χ4n) is 2.90. The number of fused-ring (bicyclic) bond motifs is 1. The van der Waals surface area contributed by atoms with Gasteiger partial charge in [-0.2, -0.15) is 5.10 Å². The summed E-state index contributed by atoms with van der Waals surface area (Å²) in [5.74, 6) is 0.457. The third kappa shape index (κ3) is 3.32. The van der Waals surface area contributed by atoms with Crippen LogP contribution in [0, 0.1) is 12.8 Å². The molecule has 0 atom stereocenters. The number of carbonyl (C=O) groups is 1. The van der Waals surface area contributed by atoms with Crippen molar-refractivity contribution in [3.63, 3.8) is 0 Å². The predicted octanol–water partition coefficient (Wildman–Crippen LogP) is 3.93. The lowest BCUT2D eigenvalue weighted by atomic mass is 10.1. The van der Waals surface area contributed by atoms with Gasteiger partial charge in [0.05, 0.1) is 17.8 Å². The van der Waals surface area contributed by atoms with Crippen LogP contribution < -0.4 is 5.32 Å². The molecular weight excluding hydrogens is 298 g/mol. The molecule has 1 heterocycles. The van der Waals surface area contributed by atoms with Gasteiger partial charge in [0.25, 0.3) is 5.91 Å². The van der Waals surface area contributed by atoms with Gasteiger partial charge in [-0.1, -0.05) is 50.2 Å². The van der Waals surface area contributed by atoms with Gasteiger partial charge in [-0.05, 0) is 30.5 Å². The lowest BCUT2D eigenvalue weighted by Gasteiger charge is -2.07. The molecule has 0 saturated carbocycles. The third-order valence-electron chi connectivity index (χ3n) is 4.08. The molecule has 1 amide bonds. The summed E-state index contributed by atoms with van der Waals surface area (Å²) in [4.78, 5) is 12.4. The van der Waals surface area contributed by atoms with Crippen molar-refractivity contribution in [3.8, 4) is 0 Å². The van der Waals surface area contributed by atoms with Gasteiger partial charge in [0, 0.05) is 17.5 Å². The zero-order valence-electron chi connectivity index (χ0n) is 14.4. The van der Waals surface area contributed by atoms with Crippen molar-refractivity contribution < 1.29 is 4.79 Å². The van der Waals surface area contributed by atoms with E-state index in [-0.39, 0.29) is 5.91 Å². The van der Waals surface area contributed by atoms with Crippen molar-refractivity contribution in [2.75, 3.05) is 0 Å². The number of rotatable bonds is 5. The molecule has 1 aromatic heterocycles. The number of amides is 1. The molecule has 0 spiro atoms. The number of aromatic nitrogens is 2. The Bertz CT molecular complexity index is 864. The maximum absolute atomic E-state index is 12.4. The first-order valence-corrected chi connectivity index (χ1v) is 8.34. The molecule has 1 N–H and O–H groups in total. The van der Waals surface area contributed by atoms with Crippen molar-refractivity contribution >= 4 is 16.8 Å². The Morgan fingerprint density at radius 3 is 2.58 bits per heavy atom. The van der Waals surface area contributed by atoms with Crippen molar-refractivity contribution in [3.05, 3.63) is 65.4 Å². The van der Waals surface area contributed by atoms with Crippen LogP contribution in [0.15, 0.2) is 48.5 Å². The number of hydrogen-bond donors (Lipinski definition) is 1. The smallest absolute Gasteiger partial charge is 0.251 e. The summed E-state index contributed by atoms with van der Waals surface area (Å²) >= 11 is 0. The topological polar surface area (TPSA) is 46.9 Å². The molecule has 0 bridgehead atoms. The fraction of sp³-hybridized carbons (Fsp3) is 0.300. The Labute approximate surface area is 142 Å². The minimum Gasteiger partial charge on any atom is -0.346 e. The van der Waals surface area contributed by atoms with E-state index in [1.807, 2.05) is 48.0 Å². The Morgan fingerprint density at radius 2 is 1.83 bits per heavy atom. The lowest BCUT2D eigenvalue weighted by Crippen LogP contribution is -2.24. The van der Waals surface area contributed by atoms with Gasteiger partial charge in [-0.15, -0.1) is 0 Å². The molecule has 0 saturated heterocycles. The zero-order chi connectivity index (χ0) is 17.1. The first-order valence-electron chi connectivity index (χ1n) is 8.34. The quantitative estimate of drug-likeness (QED) is 0.774. The molecule has 3 aromatic rings. The molecule has 0 aliphatic heterocycles. The van der Waals surface area contributed by atoms with E-state index >= 15 is 0 Å². The van der Waals surface area contributed by atoms with E-state index in [1.54, 1.807) is 0 Å². The first kappa shape index (κ1) is 16.2. The van der Waals surface area contributed by atoms with Crippen LogP contribution in [0.2, 0.25) is 0 Å². The number of benzene rings is 2. The van der Waals surface area contributed by atoms with Crippen LogP contribution in [-0.4, -0.2) is 15.7 Å². The number of aryl methyl sites for hydroxylation is 1. The molecule has 0 radical (unpaired) electrons. The summed E-state index contributed by atoms with van der Waals surface area (Å²) < 4.78 is 2.04. The molecule has 0 unspecified atom stereocenters. The van der Waals surface area contributed by atoms with Gasteiger partial charge >= 0.3 is 0 Å². The zero-order valence-corrected chi connectivity index (χ0v) is 14.4. The minimum atomic E-state index is -0.0596. The molecule has 0 aliphatic rings. The maximum Gasteiger partial charge on any atom is 0.251 e. The van der Waals surface area contributed by atoms with E-state index in [1.165, 1.54) is 0 Å². The van der Waals surface area contributed by atoms with Gasteiger partial charge < -0.3 is 5.32 Å². The fourth-order valence-corrected chi connectivity index (χ4v) is 2.90. The van der Waals surface area contributed by atoms with Gasteiger partial charge in [0.2, 0.25) is 0 Å². The molecule has 2 aromatic carbocycles. The highest BCUT2D eigenvalue weighted by Crippen LogP contribution is 2.19. The monoisotopic (exact) mass is 321 g/mol. The lowest BCUT2D eigenvalue weighted by molar-refractivity contribution is 0.0950. The molecular formula is C20H23N3O. The summed E-state index contributed by atoms with van der Waals surface area (Å²) in [6.07, 6.45) is 0. The molecule has 4 heteroatoms. The summed E-state index contributed by atoms with van der Waals surface area (Å²) in [6, 6.07) is 15.8. The summed E-state index contributed by atoms with van der Waals surface area (Å²) in [5, 5.41) is 8.82. The highest BCUT2D eigenvalue weighted by molar-refractivity contribution is 5.95. The van der Waals surface area contributed by atoms with Crippen LogP contribution in [-0.2, 0) is 13.1 Å². The van der Waals surface area contributed by atoms with Crippen LogP contribution >= 0.6 is 0 Å². The second-order valence-electron chi connectivity index (χ2n) is 6.54. The number of para-hydroxylation sites is 1. The van der Waals surface area contributed by atoms with E-state index < -0.39 is 0 Å². The molecule has 124 valence electrons. The number of nitrogens with zero attached hydrogens (tertiary/aromatic N) is 2. The highest BCUT2D eigenvalue weighted by atomic mass is 16.1. The van der Waals surface area contributed by atoms with Gasteiger partial charge in [-0.3, -0.25) is 9.48 Å². The Kier molecular flexibility index (Phi) is 4.65. The normalized spacial score (nSPS) is 11.2. The van der Waals surface area contributed by atoms with Crippen LogP contribution in [0.3, 0.4) is 0 Å². The largest absolute Gasteiger partial charge is 0.346 e. The second kappa shape index (κ2) is 6.87. The molecule has 0 fully saturated rings. The first-order chi connectivity index (χ1) is 11.6. The highest BCUT2D eigenvalue weighted by Gasteiger charge is 2.13. The van der Waals surface area contributed by atoms with E-state index in [9.17, 15) is 4.79 Å². The van der Waals surface area contributed by atoms with E-state index in [0.717, 1.165) is 28.7 Å². The maximum atomic E-state index is 12.4. The van der Waals surface area contributed by atoms with Crippen LogP contribution in [0.5, 0.6) is 0 Å². The Hall–Kier alpha value is -2.62. The average Bonchev–Trinajstić information content (AvgIpc) is 2.90. The number of nitrogens with one attached hydrogen (secondary N) is 1. The molecule has 24 heavy (non-hydrogen) atoms. The minimum absolute atomic E-state index is 0.0596. The summed E-state index contributed by atoms with van der Waals surface area (Å²) in [5.41, 5.74) is 3.72. The van der Waals surface area contributed by atoms with E-state index in [0.29, 0.717) is 18.0 Å². The molecule has 4 nitrogen and oxygen atoms in total. The Morgan fingerprint density at radius 1 is 1.12 bits per heavy atom. The SMILES string of the molecule is Cc1ccccc1C(=O)NCc1nn(CC(C)C)c2ccccc12. The van der Waals surface area contributed by atoms with Gasteiger partial charge in [0.1, 0.15) is 0 Å². The third-order valence-corrected chi connectivity index (χ3v) is 4.08. The van der Waals surface area contributed by atoms with Gasteiger partial charge in [0.15, 0.2) is 0 Å². The van der Waals surface area contributed by atoms with Crippen LogP contribution in [0.1, 0.15) is 35.5 Å². The van der Waals surface area contributed by atoms with Crippen molar-refractivity contribution in [1.29, 1.82) is 0 Å². The summed E-state index contributed by atoms with van der Waals surface area (Å²) in [6.45, 7) is 7.60. The van der Waals surface area contributed by atoms with Crippen molar-refractivity contribution in [2.24, 2.45) is 5.92 Å². The van der Waals surface area contributed by atoms with Crippen molar-refractivity contribution in [1.82, 2.24) is 15.1 Å². The molecule has 3 rings (SSSR count). The Balaban J connectivity index is 1.83. The summed E-state index contributed by atoms with van der Waals surface area (Å²) in [7, 11) is 0. The second-order valence-corrected chi connectivity index (χ2v) is 6.54. The van der Waals surface area contributed by atoms with Crippen molar-refractivity contribution in [2.45, 2.75) is 33.9 Å². The average molecular weight is 321 g/mol. The van der Waals surface area contributed by atoms with Crippen LogP contribution in [0.25, 0.3) is 10.9 Å². The van der Waals surface area contributed by atoms with Gasteiger partial charge in [-0.25, -0.2) is 0 Å². The van der Waals surface area contributed by atoms with E-state index in [2.05, 4.69) is 31.3 Å². The van der Waals surface area contributed by atoms with E-state index in [4.69, 9.17) is 5.10 Å². The number of hydrogen-bond acceptors (Lipinski definition) is 2. The standard InChI is InChI=1S/C20H23N3O/c1-14(2)13-23-19-11-7-6-10-17(19)18(22-23)12-21-20(24)16-9-5-4-8-15(16)3/h4-11,14H,12-13H2,1-3H3,(H,21,24). The molecule has 0 aliphatic carbocycles. The predicted molar refractivity (Wildman–Crippen MR) is 96.9 cm³/mol.